The highest BCUT2D eigenvalue weighted by Gasteiger charge is 2.15. The molecule has 1 heterocycles. The lowest BCUT2D eigenvalue weighted by Crippen LogP contribution is -2.22. The molecule has 0 spiro atoms. The summed E-state index contributed by atoms with van der Waals surface area (Å²) in [6.07, 6.45) is 0.835. The predicted molar refractivity (Wildman–Crippen MR) is 86.2 cm³/mol. The van der Waals surface area contributed by atoms with Crippen molar-refractivity contribution in [1.29, 1.82) is 0 Å². The number of rotatable bonds is 5. The summed E-state index contributed by atoms with van der Waals surface area (Å²) in [5, 5.41) is 3.48. The standard InChI is InChI=1S/C14H14Br2FNS/c1-2-18-12(13-5-6-14(16)19-13)7-9-3-4-10(17)8-11(9)15/h3-6,8,12,18H,2,7H2,1H3. The Morgan fingerprint density at radius 2 is 2.05 bits per heavy atom. The summed E-state index contributed by atoms with van der Waals surface area (Å²) in [7, 11) is 0. The third kappa shape index (κ3) is 4.12. The molecule has 1 aromatic carbocycles. The summed E-state index contributed by atoms with van der Waals surface area (Å²) < 4.78 is 15.1. The molecule has 19 heavy (non-hydrogen) atoms. The molecule has 1 atom stereocenters. The Morgan fingerprint density at radius 1 is 1.26 bits per heavy atom. The third-order valence-corrected chi connectivity index (χ3v) is 5.30. The minimum Gasteiger partial charge on any atom is -0.309 e. The smallest absolute Gasteiger partial charge is 0.124 e. The van der Waals surface area contributed by atoms with Crippen molar-refractivity contribution in [2.45, 2.75) is 19.4 Å². The van der Waals surface area contributed by atoms with Gasteiger partial charge in [-0.25, -0.2) is 4.39 Å². The molecule has 0 saturated carbocycles. The van der Waals surface area contributed by atoms with Crippen LogP contribution in [0.2, 0.25) is 0 Å². The molecule has 0 aliphatic rings. The maximum atomic E-state index is 13.1. The van der Waals surface area contributed by atoms with E-state index >= 15 is 0 Å². The molecule has 0 aliphatic carbocycles. The van der Waals surface area contributed by atoms with Crippen LogP contribution in [0, 0.1) is 5.82 Å². The normalized spacial score (nSPS) is 12.6. The van der Waals surface area contributed by atoms with Crippen LogP contribution in [-0.2, 0) is 6.42 Å². The molecule has 0 bridgehead atoms. The monoisotopic (exact) mass is 405 g/mol. The summed E-state index contributed by atoms with van der Waals surface area (Å²) in [5.74, 6) is -0.213. The topological polar surface area (TPSA) is 12.0 Å². The van der Waals surface area contributed by atoms with Crippen LogP contribution < -0.4 is 5.32 Å². The van der Waals surface area contributed by atoms with Crippen LogP contribution in [0.4, 0.5) is 4.39 Å². The van der Waals surface area contributed by atoms with E-state index in [9.17, 15) is 4.39 Å². The van der Waals surface area contributed by atoms with Gasteiger partial charge in [-0.2, -0.15) is 0 Å². The van der Waals surface area contributed by atoms with E-state index in [4.69, 9.17) is 0 Å². The zero-order valence-corrected chi connectivity index (χ0v) is 14.4. The van der Waals surface area contributed by atoms with E-state index in [2.05, 4.69) is 56.2 Å². The highest BCUT2D eigenvalue weighted by Crippen LogP contribution is 2.31. The minimum absolute atomic E-state index is 0.213. The fourth-order valence-electron chi connectivity index (χ4n) is 1.94. The van der Waals surface area contributed by atoms with Gasteiger partial charge in [-0.1, -0.05) is 28.9 Å². The molecule has 1 nitrogen and oxygen atoms in total. The van der Waals surface area contributed by atoms with Crippen molar-refractivity contribution in [3.63, 3.8) is 0 Å². The van der Waals surface area contributed by atoms with Gasteiger partial charge >= 0.3 is 0 Å². The quantitative estimate of drug-likeness (QED) is 0.709. The second kappa shape index (κ2) is 6.97. The largest absolute Gasteiger partial charge is 0.309 e. The fraction of sp³-hybridized carbons (Fsp3) is 0.286. The van der Waals surface area contributed by atoms with E-state index in [1.54, 1.807) is 11.3 Å². The van der Waals surface area contributed by atoms with Crippen LogP contribution in [0.15, 0.2) is 38.6 Å². The maximum absolute atomic E-state index is 13.1. The summed E-state index contributed by atoms with van der Waals surface area (Å²) in [6, 6.07) is 9.30. The van der Waals surface area contributed by atoms with Gasteiger partial charge in [0.05, 0.1) is 3.79 Å². The van der Waals surface area contributed by atoms with Crippen LogP contribution in [0.25, 0.3) is 0 Å². The SMILES string of the molecule is CCNC(Cc1ccc(F)cc1Br)c1ccc(Br)s1. The Labute approximate surface area is 133 Å². The number of nitrogens with one attached hydrogen (secondary N) is 1. The third-order valence-electron chi connectivity index (χ3n) is 2.83. The lowest BCUT2D eigenvalue weighted by atomic mass is 10.0. The molecule has 5 heteroatoms. The first kappa shape index (κ1) is 15.2. The van der Waals surface area contributed by atoms with Gasteiger partial charge in [0.2, 0.25) is 0 Å². The maximum Gasteiger partial charge on any atom is 0.124 e. The van der Waals surface area contributed by atoms with Gasteiger partial charge in [-0.15, -0.1) is 11.3 Å². The molecule has 0 saturated heterocycles. The molecule has 0 amide bonds. The van der Waals surface area contributed by atoms with Crippen molar-refractivity contribution >= 4 is 43.2 Å². The van der Waals surface area contributed by atoms with E-state index in [-0.39, 0.29) is 11.9 Å². The lowest BCUT2D eigenvalue weighted by Gasteiger charge is -2.17. The van der Waals surface area contributed by atoms with Crippen LogP contribution >= 0.6 is 43.2 Å². The molecular formula is C14H14Br2FNS. The molecule has 2 aromatic rings. The van der Waals surface area contributed by atoms with Gasteiger partial charge in [0.15, 0.2) is 0 Å². The number of halogens is 3. The zero-order chi connectivity index (χ0) is 13.8. The van der Waals surface area contributed by atoms with Gasteiger partial charge < -0.3 is 5.32 Å². The molecule has 2 rings (SSSR count). The van der Waals surface area contributed by atoms with E-state index in [0.29, 0.717) is 0 Å². The molecule has 0 radical (unpaired) electrons. The predicted octanol–water partition coefficient (Wildman–Crippen LogP) is 5.31. The van der Waals surface area contributed by atoms with Crippen LogP contribution in [0.3, 0.4) is 0 Å². The summed E-state index contributed by atoms with van der Waals surface area (Å²) in [6.45, 7) is 2.99. The Bertz CT molecular complexity index is 556. The van der Waals surface area contributed by atoms with Crippen LogP contribution in [-0.4, -0.2) is 6.54 Å². The molecule has 1 N–H and O–H groups in total. The zero-order valence-electron chi connectivity index (χ0n) is 10.4. The number of hydrogen-bond donors (Lipinski definition) is 1. The molecule has 0 aliphatic heterocycles. The first-order valence-corrected chi connectivity index (χ1v) is 8.43. The Kier molecular flexibility index (Phi) is 5.57. The van der Waals surface area contributed by atoms with Crippen molar-refractivity contribution < 1.29 is 4.39 Å². The van der Waals surface area contributed by atoms with Crippen molar-refractivity contribution in [1.82, 2.24) is 5.32 Å². The van der Waals surface area contributed by atoms with E-state index in [1.165, 1.54) is 17.0 Å². The molecule has 102 valence electrons. The highest BCUT2D eigenvalue weighted by molar-refractivity contribution is 9.11. The fourth-order valence-corrected chi connectivity index (χ4v) is 3.95. The lowest BCUT2D eigenvalue weighted by molar-refractivity contribution is 0.556. The van der Waals surface area contributed by atoms with Crippen molar-refractivity contribution in [3.8, 4) is 0 Å². The van der Waals surface area contributed by atoms with E-state index in [1.807, 2.05) is 6.07 Å². The van der Waals surface area contributed by atoms with Gasteiger partial charge in [-0.05, 0) is 58.7 Å². The van der Waals surface area contributed by atoms with E-state index in [0.717, 1.165) is 26.8 Å². The number of hydrogen-bond acceptors (Lipinski definition) is 2. The summed E-state index contributed by atoms with van der Waals surface area (Å²) in [4.78, 5) is 1.28. The first-order valence-electron chi connectivity index (χ1n) is 6.02. The minimum atomic E-state index is -0.213. The van der Waals surface area contributed by atoms with Gasteiger partial charge in [0.25, 0.3) is 0 Å². The summed E-state index contributed by atoms with van der Waals surface area (Å²) in [5.41, 5.74) is 1.11. The number of benzene rings is 1. The van der Waals surface area contributed by atoms with Crippen LogP contribution in [0.1, 0.15) is 23.4 Å². The van der Waals surface area contributed by atoms with Crippen molar-refractivity contribution in [2.75, 3.05) is 6.54 Å². The highest BCUT2D eigenvalue weighted by atomic mass is 79.9. The molecule has 1 aromatic heterocycles. The first-order chi connectivity index (χ1) is 9.10. The van der Waals surface area contributed by atoms with Gasteiger partial charge in [0, 0.05) is 15.4 Å². The van der Waals surface area contributed by atoms with Crippen molar-refractivity contribution in [2.24, 2.45) is 0 Å². The van der Waals surface area contributed by atoms with E-state index < -0.39 is 0 Å². The Balaban J connectivity index is 2.21. The van der Waals surface area contributed by atoms with Gasteiger partial charge in [0.1, 0.15) is 5.82 Å². The summed E-state index contributed by atoms with van der Waals surface area (Å²) >= 11 is 8.65. The van der Waals surface area contributed by atoms with Gasteiger partial charge in [-0.3, -0.25) is 0 Å². The van der Waals surface area contributed by atoms with Crippen molar-refractivity contribution in [3.05, 3.63) is 54.8 Å². The number of likely N-dealkylation sites (N-methyl/N-ethyl adjacent to an activating group) is 1. The second-order valence-electron chi connectivity index (χ2n) is 4.19. The number of thiophene rings is 1. The Hall–Kier alpha value is -0.230. The molecule has 1 unspecified atom stereocenters. The second-order valence-corrected chi connectivity index (χ2v) is 7.54. The average molecular weight is 407 g/mol. The molecular weight excluding hydrogens is 393 g/mol. The van der Waals surface area contributed by atoms with Crippen LogP contribution in [0.5, 0.6) is 0 Å². The molecule has 0 fully saturated rings. The Morgan fingerprint density at radius 3 is 2.63 bits per heavy atom. The average Bonchev–Trinajstić information content (AvgIpc) is 2.78.